The Morgan fingerprint density at radius 1 is 1.19 bits per heavy atom. The molecule has 1 amide bonds. The molecule has 4 unspecified atom stereocenters. The molecule has 4 atom stereocenters. The van der Waals surface area contributed by atoms with Crippen LogP contribution in [0.5, 0.6) is 0 Å². The van der Waals surface area contributed by atoms with Crippen LogP contribution in [0.25, 0.3) is 0 Å². The maximum Gasteiger partial charge on any atom is 0.243 e. The van der Waals surface area contributed by atoms with Crippen LogP contribution in [-0.2, 0) is 4.79 Å². The van der Waals surface area contributed by atoms with Gasteiger partial charge in [0.25, 0.3) is 0 Å². The van der Waals surface area contributed by atoms with Crippen molar-refractivity contribution >= 4 is 5.91 Å². The van der Waals surface area contributed by atoms with Crippen molar-refractivity contribution < 1.29 is 30.3 Å². The van der Waals surface area contributed by atoms with Gasteiger partial charge in [0.1, 0.15) is 18.3 Å². The summed E-state index contributed by atoms with van der Waals surface area (Å²) in [6, 6.07) is -1.15. The summed E-state index contributed by atoms with van der Waals surface area (Å²) in [5.41, 5.74) is 0. The van der Waals surface area contributed by atoms with Gasteiger partial charge >= 0.3 is 0 Å². The highest BCUT2D eigenvalue weighted by Crippen LogP contribution is 2.04. The van der Waals surface area contributed by atoms with Crippen LogP contribution in [-0.4, -0.2) is 69.0 Å². The van der Waals surface area contributed by atoms with E-state index >= 15 is 0 Å². The fourth-order valence-electron chi connectivity index (χ4n) is 1.05. The Morgan fingerprint density at radius 3 is 2.12 bits per heavy atom. The van der Waals surface area contributed by atoms with Crippen LogP contribution < -0.4 is 5.32 Å². The van der Waals surface area contributed by atoms with Crippen LogP contribution in [0.3, 0.4) is 0 Å². The topological polar surface area (TPSA) is 130 Å². The molecule has 0 fully saturated rings. The van der Waals surface area contributed by atoms with Crippen molar-refractivity contribution in [2.24, 2.45) is 0 Å². The Labute approximate surface area is 92.7 Å². The molecule has 94 valence electrons. The molecule has 0 radical (unpaired) electrons. The Hall–Kier alpha value is -0.990. The van der Waals surface area contributed by atoms with Crippen molar-refractivity contribution in [3.63, 3.8) is 0 Å². The van der Waals surface area contributed by atoms with E-state index in [-0.39, 0.29) is 0 Å². The summed E-state index contributed by atoms with van der Waals surface area (Å²) in [7, 11) is 0. The summed E-state index contributed by atoms with van der Waals surface area (Å²) in [6.07, 6.45) is -3.89. The van der Waals surface area contributed by atoms with E-state index in [1.165, 1.54) is 0 Å². The average molecular weight is 235 g/mol. The van der Waals surface area contributed by atoms with E-state index in [1.807, 2.05) is 0 Å². The molecule has 0 bridgehead atoms. The molecule has 16 heavy (non-hydrogen) atoms. The highest BCUT2D eigenvalue weighted by atomic mass is 16.4. The minimum atomic E-state index is -1.67. The zero-order valence-corrected chi connectivity index (χ0v) is 8.65. The van der Waals surface area contributed by atoms with Crippen molar-refractivity contribution in [1.82, 2.24) is 5.32 Å². The quantitative estimate of drug-likeness (QED) is 0.257. The van der Waals surface area contributed by atoms with Crippen molar-refractivity contribution in [2.45, 2.75) is 24.4 Å². The number of aliphatic hydroxyl groups is 5. The van der Waals surface area contributed by atoms with Gasteiger partial charge in [0.2, 0.25) is 5.91 Å². The molecule has 0 aliphatic heterocycles. The minimum Gasteiger partial charge on any atom is -0.394 e. The first-order valence-corrected chi connectivity index (χ1v) is 4.66. The zero-order chi connectivity index (χ0) is 12.7. The van der Waals surface area contributed by atoms with E-state index in [0.29, 0.717) is 0 Å². The Balaban J connectivity index is 4.45. The van der Waals surface area contributed by atoms with Crippen molar-refractivity contribution in [2.75, 3.05) is 13.2 Å². The molecule has 0 spiro atoms. The molecule has 7 nitrogen and oxygen atoms in total. The first-order valence-electron chi connectivity index (χ1n) is 4.66. The SMILES string of the molecule is C=CC(=O)NC(CO)C(O)C(O)C(O)CO. The number of amides is 1. The fourth-order valence-corrected chi connectivity index (χ4v) is 1.05. The van der Waals surface area contributed by atoms with Gasteiger partial charge in [-0.3, -0.25) is 4.79 Å². The molecule has 0 aromatic carbocycles. The normalized spacial score (nSPS) is 18.3. The van der Waals surface area contributed by atoms with Gasteiger partial charge in [-0.05, 0) is 6.08 Å². The van der Waals surface area contributed by atoms with Gasteiger partial charge < -0.3 is 30.8 Å². The summed E-state index contributed by atoms with van der Waals surface area (Å²) >= 11 is 0. The minimum absolute atomic E-state index is 0.629. The summed E-state index contributed by atoms with van der Waals surface area (Å²) in [6.45, 7) is 1.80. The van der Waals surface area contributed by atoms with Crippen LogP contribution in [0, 0.1) is 0 Å². The smallest absolute Gasteiger partial charge is 0.243 e. The second-order valence-electron chi connectivity index (χ2n) is 3.23. The van der Waals surface area contributed by atoms with E-state index in [1.54, 1.807) is 0 Å². The third-order valence-corrected chi connectivity index (χ3v) is 2.05. The number of nitrogens with one attached hydrogen (secondary N) is 1. The van der Waals surface area contributed by atoms with E-state index in [2.05, 4.69) is 11.9 Å². The molecular formula is C9H17NO6. The zero-order valence-electron chi connectivity index (χ0n) is 8.65. The Bertz CT molecular complexity index is 234. The number of aliphatic hydroxyl groups excluding tert-OH is 5. The molecule has 0 aliphatic rings. The van der Waals surface area contributed by atoms with Crippen molar-refractivity contribution in [1.29, 1.82) is 0 Å². The third-order valence-electron chi connectivity index (χ3n) is 2.05. The van der Waals surface area contributed by atoms with Gasteiger partial charge in [-0.15, -0.1) is 0 Å². The first-order chi connectivity index (χ1) is 7.47. The summed E-state index contributed by atoms with van der Waals surface area (Å²) in [5, 5.41) is 47.5. The molecule has 0 aromatic rings. The van der Waals surface area contributed by atoms with E-state index in [4.69, 9.17) is 15.3 Å². The highest BCUT2D eigenvalue weighted by molar-refractivity contribution is 5.87. The predicted octanol–water partition coefficient (Wildman–Crippen LogP) is -3.28. The lowest BCUT2D eigenvalue weighted by Crippen LogP contribution is -2.54. The number of rotatable bonds is 7. The molecule has 0 saturated carbocycles. The standard InChI is InChI=1S/C9H17NO6/c1-2-7(14)10-5(3-11)8(15)9(16)6(13)4-12/h2,5-6,8-9,11-13,15-16H,1,3-4H2,(H,10,14). The van der Waals surface area contributed by atoms with Gasteiger partial charge in [-0.1, -0.05) is 6.58 Å². The molecular weight excluding hydrogens is 218 g/mol. The number of hydrogen-bond acceptors (Lipinski definition) is 6. The average Bonchev–Trinajstić information content (AvgIpc) is 2.32. The number of hydrogen-bond donors (Lipinski definition) is 6. The Morgan fingerprint density at radius 2 is 1.75 bits per heavy atom. The Kier molecular flexibility index (Phi) is 6.86. The van der Waals surface area contributed by atoms with Crippen molar-refractivity contribution in [3.05, 3.63) is 12.7 Å². The van der Waals surface area contributed by atoms with Crippen molar-refractivity contribution in [3.8, 4) is 0 Å². The third kappa shape index (κ3) is 4.25. The van der Waals surface area contributed by atoms with Gasteiger partial charge in [-0.2, -0.15) is 0 Å². The lowest BCUT2D eigenvalue weighted by atomic mass is 10.0. The van der Waals surface area contributed by atoms with Crippen LogP contribution >= 0.6 is 0 Å². The number of carbonyl (C=O) groups is 1. The molecule has 0 heterocycles. The van der Waals surface area contributed by atoms with Crippen LogP contribution in [0.1, 0.15) is 0 Å². The van der Waals surface area contributed by atoms with Crippen LogP contribution in [0.4, 0.5) is 0 Å². The van der Waals surface area contributed by atoms with Gasteiger partial charge in [-0.25, -0.2) is 0 Å². The lowest BCUT2D eigenvalue weighted by molar-refractivity contribution is -0.122. The highest BCUT2D eigenvalue weighted by Gasteiger charge is 2.31. The van der Waals surface area contributed by atoms with Crippen LogP contribution in [0.2, 0.25) is 0 Å². The first kappa shape index (κ1) is 15.0. The van der Waals surface area contributed by atoms with Gasteiger partial charge in [0.15, 0.2) is 0 Å². The monoisotopic (exact) mass is 235 g/mol. The molecule has 6 N–H and O–H groups in total. The molecule has 0 saturated heterocycles. The summed E-state index contributed by atoms with van der Waals surface area (Å²) in [4.78, 5) is 10.9. The van der Waals surface area contributed by atoms with Gasteiger partial charge in [0.05, 0.1) is 19.3 Å². The van der Waals surface area contributed by atoms with E-state index in [0.717, 1.165) is 6.08 Å². The van der Waals surface area contributed by atoms with Gasteiger partial charge in [0, 0.05) is 0 Å². The molecule has 0 aliphatic carbocycles. The molecule has 0 aromatic heterocycles. The van der Waals surface area contributed by atoms with E-state index in [9.17, 15) is 15.0 Å². The second-order valence-corrected chi connectivity index (χ2v) is 3.23. The molecule has 7 heteroatoms. The number of carbonyl (C=O) groups excluding carboxylic acids is 1. The molecule has 0 rings (SSSR count). The largest absolute Gasteiger partial charge is 0.394 e. The fraction of sp³-hybridized carbons (Fsp3) is 0.667. The summed E-state index contributed by atoms with van der Waals surface area (Å²) in [5.74, 6) is -0.635. The second kappa shape index (κ2) is 7.31. The maximum atomic E-state index is 10.9. The lowest BCUT2D eigenvalue weighted by Gasteiger charge is -2.27. The maximum absolute atomic E-state index is 10.9. The van der Waals surface area contributed by atoms with Crippen LogP contribution in [0.15, 0.2) is 12.7 Å². The summed E-state index contributed by atoms with van der Waals surface area (Å²) < 4.78 is 0. The van der Waals surface area contributed by atoms with E-state index < -0.39 is 43.5 Å². The predicted molar refractivity (Wildman–Crippen MR) is 54.3 cm³/mol.